The highest BCUT2D eigenvalue weighted by Gasteiger charge is 2.13. The molecule has 2 aromatic carbocycles. The summed E-state index contributed by atoms with van der Waals surface area (Å²) in [6, 6.07) is 12.9. The Balaban J connectivity index is 1.86. The SMILES string of the molecule is Cc1cc(=O)oc2cc(CC(=O)c3ccc(B(O)O)cc3)ccc12. The van der Waals surface area contributed by atoms with Crippen LogP contribution < -0.4 is 11.1 Å². The number of rotatable bonds is 4. The van der Waals surface area contributed by atoms with Gasteiger partial charge in [-0.25, -0.2) is 4.79 Å². The molecule has 0 aliphatic heterocycles. The number of fused-ring (bicyclic) bond motifs is 1. The lowest BCUT2D eigenvalue weighted by Gasteiger charge is -2.05. The molecule has 0 fully saturated rings. The maximum Gasteiger partial charge on any atom is 0.488 e. The molecular formula is C18H15BO5. The van der Waals surface area contributed by atoms with Gasteiger partial charge in [0.25, 0.3) is 0 Å². The lowest BCUT2D eigenvalue weighted by molar-refractivity contribution is 0.0993. The number of aryl methyl sites for hydroxylation is 1. The fraction of sp³-hybridized carbons (Fsp3) is 0.111. The van der Waals surface area contributed by atoms with Crippen LogP contribution in [0, 0.1) is 6.92 Å². The van der Waals surface area contributed by atoms with Crippen molar-refractivity contribution in [2.24, 2.45) is 0 Å². The molecule has 6 heteroatoms. The van der Waals surface area contributed by atoms with Gasteiger partial charge in [-0.2, -0.15) is 0 Å². The quantitative estimate of drug-likeness (QED) is 0.428. The van der Waals surface area contributed by atoms with E-state index in [1.54, 1.807) is 18.2 Å². The second-order valence-electron chi connectivity index (χ2n) is 5.67. The summed E-state index contributed by atoms with van der Waals surface area (Å²) in [5.41, 5.74) is 2.43. The summed E-state index contributed by atoms with van der Waals surface area (Å²) in [6.45, 7) is 1.83. The maximum atomic E-state index is 12.3. The molecule has 120 valence electrons. The molecule has 0 saturated carbocycles. The number of hydrogen-bond acceptors (Lipinski definition) is 5. The van der Waals surface area contributed by atoms with Crippen molar-refractivity contribution in [3.05, 3.63) is 75.6 Å². The smallest absolute Gasteiger partial charge is 0.423 e. The summed E-state index contributed by atoms with van der Waals surface area (Å²) in [5.74, 6) is -0.108. The van der Waals surface area contributed by atoms with Crippen molar-refractivity contribution in [3.63, 3.8) is 0 Å². The van der Waals surface area contributed by atoms with Crippen molar-refractivity contribution in [1.82, 2.24) is 0 Å². The summed E-state index contributed by atoms with van der Waals surface area (Å²) in [4.78, 5) is 23.8. The highest BCUT2D eigenvalue weighted by Crippen LogP contribution is 2.19. The molecule has 1 heterocycles. The number of Topliss-reactive ketones (excluding diaryl/α,β-unsaturated/α-hetero) is 1. The lowest BCUT2D eigenvalue weighted by atomic mass is 9.80. The van der Waals surface area contributed by atoms with Gasteiger partial charge in [0.1, 0.15) is 5.58 Å². The summed E-state index contributed by atoms with van der Waals surface area (Å²) < 4.78 is 5.19. The van der Waals surface area contributed by atoms with Crippen LogP contribution in [0.4, 0.5) is 0 Å². The molecule has 0 bridgehead atoms. The van der Waals surface area contributed by atoms with Gasteiger partial charge < -0.3 is 14.5 Å². The first-order valence-electron chi connectivity index (χ1n) is 7.47. The van der Waals surface area contributed by atoms with Gasteiger partial charge in [0.05, 0.1) is 0 Å². The van der Waals surface area contributed by atoms with Crippen LogP contribution in [0.3, 0.4) is 0 Å². The number of benzene rings is 2. The monoisotopic (exact) mass is 322 g/mol. The molecular weight excluding hydrogens is 307 g/mol. The molecule has 0 aliphatic rings. The van der Waals surface area contributed by atoms with Crippen molar-refractivity contribution in [1.29, 1.82) is 0 Å². The Bertz CT molecular complexity index is 957. The molecule has 0 amide bonds. The van der Waals surface area contributed by atoms with Gasteiger partial charge >= 0.3 is 12.7 Å². The van der Waals surface area contributed by atoms with E-state index in [1.165, 1.54) is 18.2 Å². The Morgan fingerprint density at radius 3 is 2.46 bits per heavy atom. The van der Waals surface area contributed by atoms with Crippen LogP contribution in [0.25, 0.3) is 11.0 Å². The third-order valence-electron chi connectivity index (χ3n) is 3.91. The van der Waals surface area contributed by atoms with Crippen molar-refractivity contribution >= 4 is 29.3 Å². The third kappa shape index (κ3) is 3.30. The molecule has 24 heavy (non-hydrogen) atoms. The lowest BCUT2D eigenvalue weighted by Crippen LogP contribution is -2.29. The minimum Gasteiger partial charge on any atom is -0.423 e. The molecule has 2 N–H and O–H groups in total. The first-order valence-corrected chi connectivity index (χ1v) is 7.47. The van der Waals surface area contributed by atoms with Gasteiger partial charge in [-0.15, -0.1) is 0 Å². The highest BCUT2D eigenvalue weighted by atomic mass is 16.4. The molecule has 0 aliphatic carbocycles. The van der Waals surface area contributed by atoms with Gasteiger partial charge in [-0.3, -0.25) is 4.79 Å². The summed E-state index contributed by atoms with van der Waals surface area (Å²) in [5, 5.41) is 19.0. The standard InChI is InChI=1S/C18H15BO5/c1-11-8-18(21)24-17-10-12(2-7-15(11)17)9-16(20)13-3-5-14(6-4-13)19(22)23/h2-8,10,22-23H,9H2,1H3. The van der Waals surface area contributed by atoms with E-state index in [4.69, 9.17) is 14.5 Å². The Labute approximate surface area is 138 Å². The molecule has 0 saturated heterocycles. The normalized spacial score (nSPS) is 10.8. The number of carbonyl (C=O) groups is 1. The molecule has 5 nitrogen and oxygen atoms in total. The predicted octanol–water partition coefficient (Wildman–Crippen LogP) is 1.21. The Kier molecular flexibility index (Phi) is 4.33. The third-order valence-corrected chi connectivity index (χ3v) is 3.91. The van der Waals surface area contributed by atoms with E-state index in [2.05, 4.69) is 0 Å². The molecule has 0 atom stereocenters. The number of ketones is 1. The van der Waals surface area contributed by atoms with E-state index in [0.717, 1.165) is 16.5 Å². The van der Waals surface area contributed by atoms with Crippen molar-refractivity contribution in [2.45, 2.75) is 13.3 Å². The largest absolute Gasteiger partial charge is 0.488 e. The minimum absolute atomic E-state index is 0.108. The zero-order valence-corrected chi connectivity index (χ0v) is 13.0. The van der Waals surface area contributed by atoms with Gasteiger partial charge in [-0.1, -0.05) is 36.4 Å². The van der Waals surface area contributed by atoms with Crippen LogP contribution >= 0.6 is 0 Å². The highest BCUT2D eigenvalue weighted by molar-refractivity contribution is 6.58. The Morgan fingerprint density at radius 2 is 1.79 bits per heavy atom. The van der Waals surface area contributed by atoms with Crippen molar-refractivity contribution < 1.29 is 19.3 Å². The van der Waals surface area contributed by atoms with E-state index < -0.39 is 12.7 Å². The minimum atomic E-state index is -1.55. The second-order valence-corrected chi connectivity index (χ2v) is 5.67. The zero-order chi connectivity index (χ0) is 17.3. The van der Waals surface area contributed by atoms with Crippen LogP contribution in [0.2, 0.25) is 0 Å². The average Bonchev–Trinajstić information content (AvgIpc) is 2.54. The zero-order valence-electron chi connectivity index (χ0n) is 13.0. The molecule has 0 spiro atoms. The number of carbonyl (C=O) groups excluding carboxylic acids is 1. The maximum absolute atomic E-state index is 12.3. The van der Waals surface area contributed by atoms with E-state index >= 15 is 0 Å². The van der Waals surface area contributed by atoms with Crippen LogP contribution in [-0.4, -0.2) is 22.9 Å². The second kappa shape index (κ2) is 6.43. The van der Waals surface area contributed by atoms with Gasteiger partial charge in [0.15, 0.2) is 5.78 Å². The number of hydrogen-bond donors (Lipinski definition) is 2. The molecule has 1 aromatic heterocycles. The van der Waals surface area contributed by atoms with Gasteiger partial charge in [0.2, 0.25) is 0 Å². The van der Waals surface area contributed by atoms with Crippen LogP contribution in [0.1, 0.15) is 21.5 Å². The van der Waals surface area contributed by atoms with Crippen molar-refractivity contribution in [2.75, 3.05) is 0 Å². The van der Waals surface area contributed by atoms with Gasteiger partial charge in [-0.05, 0) is 29.6 Å². The van der Waals surface area contributed by atoms with Gasteiger partial charge in [0, 0.05) is 23.4 Å². The molecule has 0 unspecified atom stereocenters. The fourth-order valence-corrected chi connectivity index (χ4v) is 2.61. The first-order chi connectivity index (χ1) is 11.4. The topological polar surface area (TPSA) is 87.7 Å². The fourth-order valence-electron chi connectivity index (χ4n) is 2.61. The predicted molar refractivity (Wildman–Crippen MR) is 91.5 cm³/mol. The van der Waals surface area contributed by atoms with Crippen LogP contribution in [-0.2, 0) is 6.42 Å². The first kappa shape index (κ1) is 16.2. The summed E-state index contributed by atoms with van der Waals surface area (Å²) in [7, 11) is -1.55. The molecule has 3 rings (SSSR count). The van der Waals surface area contributed by atoms with E-state index in [9.17, 15) is 9.59 Å². The van der Waals surface area contributed by atoms with Crippen LogP contribution in [0.15, 0.2) is 57.7 Å². The van der Waals surface area contributed by atoms with E-state index in [-0.39, 0.29) is 12.2 Å². The van der Waals surface area contributed by atoms with E-state index in [0.29, 0.717) is 16.6 Å². The average molecular weight is 322 g/mol. The Morgan fingerprint density at radius 1 is 1.08 bits per heavy atom. The summed E-state index contributed by atoms with van der Waals surface area (Å²) >= 11 is 0. The summed E-state index contributed by atoms with van der Waals surface area (Å²) in [6.07, 6.45) is 0.161. The van der Waals surface area contributed by atoms with E-state index in [1.807, 2.05) is 19.1 Å². The Hall–Kier alpha value is -2.70. The molecule has 3 aromatic rings. The molecule has 0 radical (unpaired) electrons. The van der Waals surface area contributed by atoms with Crippen molar-refractivity contribution in [3.8, 4) is 0 Å². The van der Waals surface area contributed by atoms with Crippen LogP contribution in [0.5, 0.6) is 0 Å².